The van der Waals surface area contributed by atoms with E-state index in [9.17, 15) is 19.2 Å². The summed E-state index contributed by atoms with van der Waals surface area (Å²) in [6.45, 7) is 11.3. The normalized spacial score (nSPS) is 25.1. The highest BCUT2D eigenvalue weighted by molar-refractivity contribution is 6.31. The highest BCUT2D eigenvalue weighted by Crippen LogP contribution is 2.46. The second-order valence-corrected chi connectivity index (χ2v) is 13.9. The molecule has 3 amide bonds. The van der Waals surface area contributed by atoms with Gasteiger partial charge >= 0.3 is 12.1 Å². The monoisotopic (exact) mass is 654 g/mol. The summed E-state index contributed by atoms with van der Waals surface area (Å²) in [4.78, 5) is 60.1. The fourth-order valence-electron chi connectivity index (χ4n) is 6.44. The number of esters is 1. The number of hydrogen-bond donors (Lipinski definition) is 2. The molecule has 1 aromatic heterocycles. The number of benzene rings is 1. The Morgan fingerprint density at radius 2 is 1.91 bits per heavy atom. The maximum atomic E-state index is 14.4. The quantitative estimate of drug-likeness (QED) is 0.272. The molecule has 5 rings (SSSR count). The highest BCUT2D eigenvalue weighted by atomic mass is 35.5. The third-order valence-corrected chi connectivity index (χ3v) is 9.28. The standard InChI is InChI=1S/C34H43ClN4O7/c1-6-20-18-34(20,31(42)44-7-2)38-29(40)26-17-23(45-27-14-15-36-25-16-21(35)12-13-24(25)27)19-39(26)30(41)28(33(3,4)5)37-32(43)46-22-10-8-9-11-22/h6,12-16,20,22-23,26,28H,1,7-11,17-19H2,2-5H3,(H,37,43)(H,38,40). The van der Waals surface area contributed by atoms with Crippen LogP contribution in [-0.2, 0) is 23.9 Å². The highest BCUT2D eigenvalue weighted by Gasteiger charge is 2.62. The number of amides is 3. The van der Waals surface area contributed by atoms with Crippen LogP contribution in [0.3, 0.4) is 0 Å². The molecule has 46 heavy (non-hydrogen) atoms. The first-order valence-electron chi connectivity index (χ1n) is 16.0. The summed E-state index contributed by atoms with van der Waals surface area (Å²) in [5.74, 6) is -1.26. The second kappa shape index (κ2) is 13.5. The summed E-state index contributed by atoms with van der Waals surface area (Å²) >= 11 is 6.17. The minimum absolute atomic E-state index is 0.0670. The predicted molar refractivity (Wildman–Crippen MR) is 172 cm³/mol. The Morgan fingerprint density at radius 1 is 1.17 bits per heavy atom. The molecule has 5 unspecified atom stereocenters. The fourth-order valence-corrected chi connectivity index (χ4v) is 6.61. The van der Waals surface area contributed by atoms with E-state index >= 15 is 0 Å². The number of nitrogens with zero attached hydrogens (tertiary/aromatic N) is 2. The van der Waals surface area contributed by atoms with Gasteiger partial charge in [-0.25, -0.2) is 9.59 Å². The maximum Gasteiger partial charge on any atom is 0.408 e. The summed E-state index contributed by atoms with van der Waals surface area (Å²) in [6, 6.07) is 5.01. The van der Waals surface area contributed by atoms with Gasteiger partial charge in [-0.15, -0.1) is 6.58 Å². The van der Waals surface area contributed by atoms with Gasteiger partial charge in [-0.1, -0.05) is 38.4 Å². The Labute approximate surface area is 274 Å². The molecule has 11 nitrogen and oxygen atoms in total. The Hall–Kier alpha value is -3.86. The second-order valence-electron chi connectivity index (χ2n) is 13.4. The van der Waals surface area contributed by atoms with Gasteiger partial charge < -0.3 is 29.7 Å². The number of likely N-dealkylation sites (tertiary alicyclic amines) is 1. The van der Waals surface area contributed by atoms with Gasteiger partial charge in [0.2, 0.25) is 11.8 Å². The first kappa shape index (κ1) is 33.5. The molecule has 0 spiro atoms. The van der Waals surface area contributed by atoms with Crippen molar-refractivity contribution in [2.45, 2.75) is 96.1 Å². The lowest BCUT2D eigenvalue weighted by Gasteiger charge is -2.35. The molecule has 1 aliphatic heterocycles. The van der Waals surface area contributed by atoms with Crippen molar-refractivity contribution in [3.8, 4) is 5.75 Å². The van der Waals surface area contributed by atoms with Crippen LogP contribution in [0, 0.1) is 11.3 Å². The molecule has 2 aromatic rings. The number of alkyl carbamates (subject to hydrolysis) is 1. The summed E-state index contributed by atoms with van der Waals surface area (Å²) in [5, 5.41) is 6.95. The molecule has 2 N–H and O–H groups in total. The van der Waals surface area contributed by atoms with Crippen LogP contribution in [0.4, 0.5) is 4.79 Å². The van der Waals surface area contributed by atoms with Gasteiger partial charge in [0.1, 0.15) is 35.6 Å². The lowest BCUT2D eigenvalue weighted by Crippen LogP contribution is -2.59. The summed E-state index contributed by atoms with van der Waals surface area (Å²) < 4.78 is 17.3. The Kier molecular flexibility index (Phi) is 9.81. The van der Waals surface area contributed by atoms with E-state index < -0.39 is 53.0 Å². The minimum Gasteiger partial charge on any atom is -0.488 e. The van der Waals surface area contributed by atoms with Gasteiger partial charge in [0, 0.05) is 28.9 Å². The van der Waals surface area contributed by atoms with Gasteiger partial charge in [-0.3, -0.25) is 14.6 Å². The van der Waals surface area contributed by atoms with Crippen LogP contribution in [0.1, 0.15) is 66.2 Å². The van der Waals surface area contributed by atoms with Crippen LogP contribution in [0.2, 0.25) is 5.02 Å². The van der Waals surface area contributed by atoms with Crippen LogP contribution in [-0.4, -0.2) is 76.7 Å². The predicted octanol–water partition coefficient (Wildman–Crippen LogP) is 4.94. The van der Waals surface area contributed by atoms with E-state index in [1.54, 1.807) is 37.4 Å². The number of hydrogen-bond acceptors (Lipinski definition) is 8. The van der Waals surface area contributed by atoms with E-state index in [2.05, 4.69) is 22.2 Å². The molecular weight excluding hydrogens is 612 g/mol. The number of carbonyl (C=O) groups excluding carboxylic acids is 4. The number of fused-ring (bicyclic) bond motifs is 1. The van der Waals surface area contributed by atoms with Crippen molar-refractivity contribution in [2.24, 2.45) is 11.3 Å². The Bertz CT molecular complexity index is 1500. The zero-order valence-corrected chi connectivity index (χ0v) is 27.6. The van der Waals surface area contributed by atoms with E-state index in [-0.39, 0.29) is 31.6 Å². The number of halogens is 1. The molecule has 0 radical (unpaired) electrons. The van der Waals surface area contributed by atoms with Crippen molar-refractivity contribution in [3.63, 3.8) is 0 Å². The number of aromatic nitrogens is 1. The summed E-state index contributed by atoms with van der Waals surface area (Å²) in [5.41, 5.74) is -1.32. The molecule has 5 atom stereocenters. The maximum absolute atomic E-state index is 14.4. The van der Waals surface area contributed by atoms with E-state index in [1.165, 1.54) is 4.90 Å². The number of carbonyl (C=O) groups is 4. The Balaban J connectivity index is 1.42. The van der Waals surface area contributed by atoms with E-state index in [1.807, 2.05) is 26.8 Å². The summed E-state index contributed by atoms with van der Waals surface area (Å²) in [7, 11) is 0. The molecule has 12 heteroatoms. The van der Waals surface area contributed by atoms with Gasteiger partial charge in [0.05, 0.1) is 18.7 Å². The fraction of sp³-hybridized carbons (Fsp3) is 0.559. The van der Waals surface area contributed by atoms with Crippen molar-refractivity contribution in [1.82, 2.24) is 20.5 Å². The SMILES string of the molecule is C=CC1CC1(NC(=O)C1CC(Oc2ccnc3cc(Cl)ccc23)CN1C(=O)C(NC(=O)OC1CCCC1)C(C)(C)C)C(=O)OCC. The van der Waals surface area contributed by atoms with Crippen molar-refractivity contribution in [1.29, 1.82) is 0 Å². The number of pyridine rings is 1. The first-order chi connectivity index (χ1) is 21.9. The topological polar surface area (TPSA) is 136 Å². The summed E-state index contributed by atoms with van der Waals surface area (Å²) in [6.07, 6.45) is 5.87. The van der Waals surface area contributed by atoms with Crippen molar-refractivity contribution in [2.75, 3.05) is 13.2 Å². The number of ether oxygens (including phenoxy) is 3. The smallest absolute Gasteiger partial charge is 0.408 e. The van der Waals surface area contributed by atoms with E-state index in [0.29, 0.717) is 22.7 Å². The Morgan fingerprint density at radius 3 is 2.57 bits per heavy atom. The molecule has 2 saturated carbocycles. The van der Waals surface area contributed by atoms with Crippen LogP contribution in [0.15, 0.2) is 43.1 Å². The average Bonchev–Trinajstić information content (AvgIpc) is 3.28. The van der Waals surface area contributed by atoms with Crippen molar-refractivity contribution >= 4 is 46.4 Å². The van der Waals surface area contributed by atoms with Gasteiger partial charge in [0.25, 0.3) is 0 Å². The van der Waals surface area contributed by atoms with Crippen LogP contribution < -0.4 is 15.4 Å². The van der Waals surface area contributed by atoms with Crippen molar-refractivity contribution in [3.05, 3.63) is 48.1 Å². The van der Waals surface area contributed by atoms with Crippen molar-refractivity contribution < 1.29 is 33.4 Å². The number of rotatable bonds is 10. The van der Waals surface area contributed by atoms with Gasteiger partial charge in [0.15, 0.2) is 0 Å². The van der Waals surface area contributed by atoms with Crippen LogP contribution >= 0.6 is 11.6 Å². The molecule has 3 fully saturated rings. The molecule has 1 saturated heterocycles. The molecular formula is C34H43ClN4O7. The number of nitrogens with one attached hydrogen (secondary N) is 2. The molecule has 3 aliphatic rings. The zero-order chi connectivity index (χ0) is 33.2. The van der Waals surface area contributed by atoms with Crippen LogP contribution in [0.25, 0.3) is 10.9 Å². The first-order valence-corrected chi connectivity index (χ1v) is 16.3. The third-order valence-electron chi connectivity index (χ3n) is 9.04. The van der Waals surface area contributed by atoms with Gasteiger partial charge in [-0.05, 0) is 68.7 Å². The average molecular weight is 655 g/mol. The molecule has 1 aromatic carbocycles. The minimum atomic E-state index is -1.24. The molecule has 2 heterocycles. The lowest BCUT2D eigenvalue weighted by molar-refractivity contribution is -0.150. The third kappa shape index (κ3) is 7.09. The molecule has 248 valence electrons. The molecule has 0 bridgehead atoms. The van der Waals surface area contributed by atoms with E-state index in [0.717, 1.165) is 31.1 Å². The van der Waals surface area contributed by atoms with E-state index in [4.69, 9.17) is 25.8 Å². The van der Waals surface area contributed by atoms with Gasteiger partial charge in [-0.2, -0.15) is 0 Å². The lowest BCUT2D eigenvalue weighted by atomic mass is 9.85. The largest absolute Gasteiger partial charge is 0.488 e. The molecule has 2 aliphatic carbocycles. The zero-order valence-electron chi connectivity index (χ0n) is 26.8. The van der Waals surface area contributed by atoms with Crippen LogP contribution in [0.5, 0.6) is 5.75 Å².